The number of carbonyl (C=O) groups is 2. The Morgan fingerprint density at radius 3 is 2.74 bits per heavy atom. The molecule has 34 heavy (non-hydrogen) atoms. The van der Waals surface area contributed by atoms with Crippen LogP contribution in [-0.4, -0.2) is 58.7 Å². The fourth-order valence-electron chi connectivity index (χ4n) is 4.48. The fraction of sp³-hybridized carbons (Fsp3) is 0.542. The predicted molar refractivity (Wildman–Crippen MR) is 126 cm³/mol. The first kappa shape index (κ1) is 24.6. The van der Waals surface area contributed by atoms with E-state index in [0.717, 1.165) is 25.0 Å². The molecule has 2 saturated heterocycles. The van der Waals surface area contributed by atoms with Crippen molar-refractivity contribution < 1.29 is 28.6 Å². The second-order valence-corrected chi connectivity index (χ2v) is 10.1. The zero-order valence-electron chi connectivity index (χ0n) is 19.4. The molecule has 1 amide bonds. The number of likely N-dealkylation sites (tertiary alicyclic amines) is 1. The number of nitrogens with zero attached hydrogens (tertiary/aromatic N) is 2. The highest BCUT2D eigenvalue weighted by Crippen LogP contribution is 2.42. The van der Waals surface area contributed by atoms with Gasteiger partial charge in [-0.1, -0.05) is 18.3 Å². The van der Waals surface area contributed by atoms with E-state index in [0.29, 0.717) is 48.7 Å². The molecule has 2 aliphatic rings. The SMILES string of the molecule is CC(CN1CCCC1(C)C(=O)O)C(=O)Nc1nc(C2CCOCC2)c(Oc2ccc(F)cc2)s1. The summed E-state index contributed by atoms with van der Waals surface area (Å²) in [5.74, 6) is -1.22. The number of carboxylic acid groups (broad SMARTS) is 1. The molecule has 184 valence electrons. The van der Waals surface area contributed by atoms with Crippen LogP contribution < -0.4 is 10.1 Å². The molecule has 2 atom stereocenters. The average Bonchev–Trinajstić information content (AvgIpc) is 3.39. The van der Waals surface area contributed by atoms with Crippen LogP contribution in [0.5, 0.6) is 10.8 Å². The first-order valence-corrected chi connectivity index (χ1v) is 12.4. The second-order valence-electron chi connectivity index (χ2n) is 9.15. The van der Waals surface area contributed by atoms with Gasteiger partial charge in [0.05, 0.1) is 0 Å². The number of amides is 1. The number of aliphatic carboxylic acids is 1. The van der Waals surface area contributed by atoms with Crippen molar-refractivity contribution in [2.24, 2.45) is 5.92 Å². The van der Waals surface area contributed by atoms with Gasteiger partial charge in [-0.3, -0.25) is 14.5 Å². The summed E-state index contributed by atoms with van der Waals surface area (Å²) in [7, 11) is 0. The van der Waals surface area contributed by atoms with Crippen molar-refractivity contribution in [3.05, 3.63) is 35.8 Å². The number of halogens is 1. The van der Waals surface area contributed by atoms with Gasteiger partial charge in [0, 0.05) is 31.6 Å². The van der Waals surface area contributed by atoms with Gasteiger partial charge in [-0.05, 0) is 63.4 Å². The third kappa shape index (κ3) is 5.39. The molecule has 0 saturated carbocycles. The first-order valence-electron chi connectivity index (χ1n) is 11.6. The smallest absolute Gasteiger partial charge is 0.323 e. The van der Waals surface area contributed by atoms with E-state index in [1.54, 1.807) is 26.0 Å². The zero-order chi connectivity index (χ0) is 24.3. The highest BCUT2D eigenvalue weighted by atomic mass is 32.1. The van der Waals surface area contributed by atoms with E-state index in [1.165, 1.54) is 23.5 Å². The Balaban J connectivity index is 1.48. The molecule has 0 bridgehead atoms. The summed E-state index contributed by atoms with van der Waals surface area (Å²) in [6.07, 6.45) is 2.97. The number of hydrogen-bond acceptors (Lipinski definition) is 7. The molecule has 2 unspecified atom stereocenters. The van der Waals surface area contributed by atoms with E-state index >= 15 is 0 Å². The number of benzene rings is 1. The van der Waals surface area contributed by atoms with Gasteiger partial charge in [0.25, 0.3) is 0 Å². The topological polar surface area (TPSA) is 101 Å². The Hall–Kier alpha value is -2.56. The van der Waals surface area contributed by atoms with E-state index < -0.39 is 17.4 Å². The van der Waals surface area contributed by atoms with Crippen LogP contribution in [0.4, 0.5) is 9.52 Å². The molecule has 2 fully saturated rings. The minimum Gasteiger partial charge on any atom is -0.480 e. The summed E-state index contributed by atoms with van der Waals surface area (Å²) < 4.78 is 24.8. The molecule has 0 radical (unpaired) electrons. The Bertz CT molecular complexity index is 1020. The van der Waals surface area contributed by atoms with E-state index in [1.807, 2.05) is 4.90 Å². The summed E-state index contributed by atoms with van der Waals surface area (Å²) in [6.45, 7) is 5.78. The van der Waals surface area contributed by atoms with Crippen LogP contribution in [-0.2, 0) is 14.3 Å². The number of carboxylic acids is 1. The van der Waals surface area contributed by atoms with Crippen molar-refractivity contribution in [1.29, 1.82) is 0 Å². The van der Waals surface area contributed by atoms with Crippen molar-refractivity contribution >= 4 is 28.3 Å². The summed E-state index contributed by atoms with van der Waals surface area (Å²) in [5, 5.41) is 13.5. The summed E-state index contributed by atoms with van der Waals surface area (Å²) in [6, 6.07) is 5.77. The maximum absolute atomic E-state index is 13.3. The lowest BCUT2D eigenvalue weighted by Gasteiger charge is -2.32. The van der Waals surface area contributed by atoms with E-state index in [4.69, 9.17) is 9.47 Å². The normalized spacial score (nSPS) is 22.4. The standard InChI is InChI=1S/C24H30FN3O5S/c1-15(14-28-11-3-10-24(28,2)22(30)31)20(29)27-23-26-19(16-8-12-32-13-9-16)21(34-23)33-18-6-4-17(25)5-7-18/h4-7,15-16H,3,8-14H2,1-2H3,(H,30,31)(H,26,27,29). The lowest BCUT2D eigenvalue weighted by Crippen LogP contribution is -2.50. The first-order chi connectivity index (χ1) is 16.3. The van der Waals surface area contributed by atoms with Crippen molar-refractivity contribution in [3.8, 4) is 10.8 Å². The molecular formula is C24H30FN3O5S. The Labute approximate surface area is 202 Å². The van der Waals surface area contributed by atoms with Crippen molar-refractivity contribution in [2.75, 3.05) is 31.6 Å². The molecular weight excluding hydrogens is 461 g/mol. The van der Waals surface area contributed by atoms with Crippen molar-refractivity contribution in [2.45, 2.75) is 51.0 Å². The molecule has 8 nitrogen and oxygen atoms in total. The van der Waals surface area contributed by atoms with E-state index in [-0.39, 0.29) is 17.6 Å². The number of carbonyl (C=O) groups excluding carboxylic acids is 1. The highest BCUT2D eigenvalue weighted by molar-refractivity contribution is 7.17. The van der Waals surface area contributed by atoms with Gasteiger partial charge < -0.3 is 19.9 Å². The summed E-state index contributed by atoms with van der Waals surface area (Å²) in [5.41, 5.74) is -0.180. The van der Waals surface area contributed by atoms with Gasteiger partial charge >= 0.3 is 5.97 Å². The molecule has 10 heteroatoms. The van der Waals surface area contributed by atoms with E-state index in [9.17, 15) is 19.1 Å². The monoisotopic (exact) mass is 491 g/mol. The number of rotatable bonds is 8. The molecule has 1 aromatic heterocycles. The quantitative estimate of drug-likeness (QED) is 0.561. The minimum absolute atomic E-state index is 0.143. The Morgan fingerprint density at radius 2 is 2.06 bits per heavy atom. The molecule has 0 spiro atoms. The van der Waals surface area contributed by atoms with Crippen LogP contribution in [0.25, 0.3) is 0 Å². The zero-order valence-corrected chi connectivity index (χ0v) is 20.2. The van der Waals surface area contributed by atoms with Gasteiger partial charge in [-0.15, -0.1) is 0 Å². The van der Waals surface area contributed by atoms with Crippen LogP contribution >= 0.6 is 11.3 Å². The number of hydrogen-bond donors (Lipinski definition) is 2. The van der Waals surface area contributed by atoms with Crippen LogP contribution in [0.1, 0.15) is 51.1 Å². The van der Waals surface area contributed by atoms with E-state index in [2.05, 4.69) is 10.3 Å². The minimum atomic E-state index is -0.942. The summed E-state index contributed by atoms with van der Waals surface area (Å²) in [4.78, 5) is 31.2. The third-order valence-corrected chi connectivity index (χ3v) is 7.54. The summed E-state index contributed by atoms with van der Waals surface area (Å²) >= 11 is 1.24. The third-order valence-electron chi connectivity index (χ3n) is 6.67. The number of aromatic nitrogens is 1. The highest BCUT2D eigenvalue weighted by Gasteiger charge is 2.44. The molecule has 2 aromatic rings. The van der Waals surface area contributed by atoms with Gasteiger partial charge in [-0.25, -0.2) is 9.37 Å². The number of ether oxygens (including phenoxy) is 2. The Morgan fingerprint density at radius 1 is 1.35 bits per heavy atom. The second kappa shape index (κ2) is 10.4. The van der Waals surface area contributed by atoms with Crippen molar-refractivity contribution in [1.82, 2.24) is 9.88 Å². The average molecular weight is 492 g/mol. The van der Waals surface area contributed by atoms with Crippen LogP contribution in [0.2, 0.25) is 0 Å². The Kier molecular flexibility index (Phi) is 7.49. The molecule has 2 aliphatic heterocycles. The van der Waals surface area contributed by atoms with Gasteiger partial charge in [0.15, 0.2) is 5.13 Å². The number of nitrogens with one attached hydrogen (secondary N) is 1. The maximum atomic E-state index is 13.3. The van der Waals surface area contributed by atoms with Crippen LogP contribution in [0, 0.1) is 11.7 Å². The lowest BCUT2D eigenvalue weighted by molar-refractivity contribution is -0.149. The molecule has 2 N–H and O–H groups in total. The predicted octanol–water partition coefficient (Wildman–Crippen LogP) is 4.48. The molecule has 3 heterocycles. The fourth-order valence-corrected chi connectivity index (χ4v) is 5.41. The number of anilines is 1. The van der Waals surface area contributed by atoms with Gasteiger partial charge in [0.2, 0.25) is 11.0 Å². The van der Waals surface area contributed by atoms with Crippen LogP contribution in [0.15, 0.2) is 24.3 Å². The van der Waals surface area contributed by atoms with Crippen molar-refractivity contribution in [3.63, 3.8) is 0 Å². The molecule has 1 aromatic carbocycles. The largest absolute Gasteiger partial charge is 0.480 e. The molecule has 0 aliphatic carbocycles. The van der Waals surface area contributed by atoms with Crippen LogP contribution in [0.3, 0.4) is 0 Å². The van der Waals surface area contributed by atoms with Gasteiger partial charge in [0.1, 0.15) is 22.8 Å². The van der Waals surface area contributed by atoms with Gasteiger partial charge in [-0.2, -0.15) is 0 Å². The molecule has 4 rings (SSSR count). The number of thiazole rings is 1. The lowest BCUT2D eigenvalue weighted by atomic mass is 9.97. The maximum Gasteiger partial charge on any atom is 0.323 e.